The number of ether oxygens (including phenoxy) is 6. The Morgan fingerprint density at radius 2 is 1.57 bits per heavy atom. The number of carbonyl (C=O) groups excluding carboxylic acids is 9. The molecule has 2 aromatic rings. The second kappa shape index (κ2) is 21.5. The Kier molecular flexibility index (Phi) is 15.5. The molecular formula is C49H59N5O18. The van der Waals surface area contributed by atoms with Crippen molar-refractivity contribution in [2.24, 2.45) is 5.92 Å². The smallest absolute Gasteiger partial charge is 0.252 e. The van der Waals surface area contributed by atoms with Crippen molar-refractivity contribution in [1.29, 1.82) is 0 Å². The number of nitrogens with one attached hydrogen (secondary N) is 3. The molecule has 2 unspecified atom stereocenters. The number of phenols is 2. The molecule has 2 aromatic carbocycles. The standard InChI is InChI=1S/C49H59N5O18/c1-23-17-34(59)54(45(23)64)14-12-33(58)52-22-26(56)10-11-32(57)51-21-25(55)7-6-13-50-48(65)49(66)19-28-37(43(63)39-38(41(28)61)40(60)27-8-5-9-30(67-3)36(27)42(39)62)31(20-49)71-35-18-29-44(24(2)70-35)72-46-47(68-4)69-16-15-53(29)46/h5,8-9,23-24,29,31,35,44,46-47,61,63,66H,6-7,10-22H2,1-4H3,(H,50,65)(H,51,57)(H,52,58)/t23?,24-,29-,31-,35?,44+,46+,47-,49-/m0/s1. The Balaban J connectivity index is 0.885. The number of hydrogen-bond donors (Lipinski definition) is 6. The van der Waals surface area contributed by atoms with E-state index in [0.717, 1.165) is 4.90 Å². The average molecular weight is 1010 g/mol. The van der Waals surface area contributed by atoms with Crippen LogP contribution in [0.5, 0.6) is 17.2 Å². The molecule has 5 amide bonds. The molecule has 6 N–H and O–H groups in total. The summed E-state index contributed by atoms with van der Waals surface area (Å²) >= 11 is 0. The first-order chi connectivity index (χ1) is 34.3. The highest BCUT2D eigenvalue weighted by molar-refractivity contribution is 6.31. The minimum absolute atomic E-state index is 0.0694. The van der Waals surface area contributed by atoms with Crippen LogP contribution in [0.25, 0.3) is 0 Å². The number of phenolic OH excluding ortho intramolecular Hbond substituents is 2. The quantitative estimate of drug-likeness (QED) is 0.0522. The number of carbonyl (C=O) groups is 9. The lowest BCUT2D eigenvalue weighted by Gasteiger charge is -2.43. The van der Waals surface area contributed by atoms with Crippen LogP contribution in [0.3, 0.4) is 0 Å². The maximum absolute atomic E-state index is 14.2. The van der Waals surface area contributed by atoms with Gasteiger partial charge in [-0.2, -0.15) is 0 Å². The van der Waals surface area contributed by atoms with Gasteiger partial charge in [0.25, 0.3) is 5.91 Å². The summed E-state index contributed by atoms with van der Waals surface area (Å²) in [4.78, 5) is 119. The van der Waals surface area contributed by atoms with Crippen LogP contribution in [0.2, 0.25) is 0 Å². The number of nitrogens with zero attached hydrogens (tertiary/aromatic N) is 2. The number of imide groups is 1. The van der Waals surface area contributed by atoms with Crippen molar-refractivity contribution in [3.8, 4) is 17.2 Å². The molecule has 0 aromatic heterocycles. The van der Waals surface area contributed by atoms with Crippen LogP contribution in [-0.4, -0.2) is 174 Å². The van der Waals surface area contributed by atoms with E-state index in [1.54, 1.807) is 13.8 Å². The normalized spacial score (nSPS) is 27.5. The summed E-state index contributed by atoms with van der Waals surface area (Å²) in [7, 11) is 2.83. The molecule has 4 aliphatic heterocycles. The van der Waals surface area contributed by atoms with Crippen molar-refractivity contribution >= 4 is 52.7 Å². The number of rotatable bonds is 19. The minimum atomic E-state index is -2.34. The number of methoxy groups -OCH3 is 2. The van der Waals surface area contributed by atoms with Gasteiger partial charge in [-0.15, -0.1) is 0 Å². The lowest BCUT2D eigenvalue weighted by Crippen LogP contribution is -2.55. The summed E-state index contributed by atoms with van der Waals surface area (Å²) in [6.45, 7) is 3.37. The molecule has 0 radical (unpaired) electrons. The summed E-state index contributed by atoms with van der Waals surface area (Å²) in [5, 5.41) is 43.7. The number of aromatic hydroxyl groups is 2. The topological polar surface area (TPSA) is 312 Å². The van der Waals surface area contributed by atoms with Gasteiger partial charge in [0, 0.05) is 107 Å². The van der Waals surface area contributed by atoms with Gasteiger partial charge in [0.05, 0.1) is 55.7 Å². The lowest BCUT2D eigenvalue weighted by molar-refractivity contribution is -0.256. The molecule has 9 atom stereocenters. The van der Waals surface area contributed by atoms with Crippen LogP contribution < -0.4 is 20.7 Å². The van der Waals surface area contributed by atoms with Gasteiger partial charge in [-0.25, -0.2) is 0 Å². The molecular weight excluding hydrogens is 947 g/mol. The number of Topliss-reactive ketones (excluding diaryl/α,β-unsaturated/α-hetero) is 2. The number of fused-ring (bicyclic) bond motifs is 6. The predicted molar refractivity (Wildman–Crippen MR) is 244 cm³/mol. The first-order valence-electron chi connectivity index (χ1n) is 24.0. The first-order valence-corrected chi connectivity index (χ1v) is 24.0. The summed E-state index contributed by atoms with van der Waals surface area (Å²) in [6.07, 6.45) is -6.07. The van der Waals surface area contributed by atoms with Crippen molar-refractivity contribution in [2.45, 2.75) is 120 Å². The highest BCUT2D eigenvalue weighted by Crippen LogP contribution is 2.53. The van der Waals surface area contributed by atoms with Crippen LogP contribution in [0.15, 0.2) is 18.2 Å². The fraction of sp³-hybridized carbons (Fsp3) is 0.571. The maximum atomic E-state index is 14.2. The zero-order valence-corrected chi connectivity index (χ0v) is 40.3. The fourth-order valence-corrected chi connectivity index (χ4v) is 10.5. The number of benzene rings is 2. The third-order valence-corrected chi connectivity index (χ3v) is 14.1. The van der Waals surface area contributed by atoms with Crippen LogP contribution in [-0.2, 0) is 63.7 Å². The highest BCUT2D eigenvalue weighted by Gasteiger charge is 2.55. The van der Waals surface area contributed by atoms with E-state index in [0.29, 0.717) is 13.2 Å². The summed E-state index contributed by atoms with van der Waals surface area (Å²) in [5.41, 5.74) is -3.87. The zero-order valence-electron chi connectivity index (χ0n) is 40.3. The van der Waals surface area contributed by atoms with E-state index < -0.39 is 125 Å². The SMILES string of the molecule is COc1cccc2c1C(=O)c1c(O)c3c(c(O)c1C2=O)C[C@@](O)(C(=O)NCCCC(=O)CNC(=O)CCC(=O)CNC(=O)CCN1C(=O)CC(C)C1=O)C[C@@H]3OC1C[C@H]2[C@H](O[C@@H]3[C@@H](OC)OCCN32)[C@H](C)O1. The minimum Gasteiger partial charge on any atom is -0.507 e. The van der Waals surface area contributed by atoms with Gasteiger partial charge in [-0.3, -0.25) is 53.0 Å². The van der Waals surface area contributed by atoms with E-state index in [9.17, 15) is 58.5 Å². The molecule has 72 heavy (non-hydrogen) atoms. The number of hydrogen-bond acceptors (Lipinski definition) is 19. The van der Waals surface area contributed by atoms with Crippen molar-refractivity contribution in [3.05, 3.63) is 51.6 Å². The second-order valence-corrected chi connectivity index (χ2v) is 18.9. The molecule has 0 saturated carbocycles. The number of morpholine rings is 1. The molecule has 6 aliphatic rings. The number of aliphatic hydroxyl groups is 1. The summed E-state index contributed by atoms with van der Waals surface area (Å²) in [6, 6.07) is 4.11. The second-order valence-electron chi connectivity index (χ2n) is 18.9. The Morgan fingerprint density at radius 1 is 0.861 bits per heavy atom. The van der Waals surface area contributed by atoms with E-state index in [2.05, 4.69) is 20.9 Å². The molecule has 4 heterocycles. The van der Waals surface area contributed by atoms with E-state index >= 15 is 0 Å². The molecule has 4 saturated heterocycles. The van der Waals surface area contributed by atoms with Gasteiger partial charge in [-0.1, -0.05) is 19.1 Å². The Labute approximate surface area is 413 Å². The molecule has 23 nitrogen and oxygen atoms in total. The zero-order chi connectivity index (χ0) is 51.8. The maximum Gasteiger partial charge on any atom is 0.252 e. The number of amides is 5. The van der Waals surface area contributed by atoms with Gasteiger partial charge >= 0.3 is 0 Å². The first kappa shape index (κ1) is 52.1. The average Bonchev–Trinajstić information content (AvgIpc) is 3.86. The Morgan fingerprint density at radius 3 is 2.26 bits per heavy atom. The van der Waals surface area contributed by atoms with Crippen molar-refractivity contribution in [2.75, 3.05) is 53.6 Å². The summed E-state index contributed by atoms with van der Waals surface area (Å²) in [5.74, 6) is -6.99. The molecule has 0 spiro atoms. The van der Waals surface area contributed by atoms with Gasteiger partial charge < -0.3 is 59.7 Å². The largest absolute Gasteiger partial charge is 0.507 e. The molecule has 2 aliphatic carbocycles. The molecule has 388 valence electrons. The highest BCUT2D eigenvalue weighted by atomic mass is 16.7. The summed E-state index contributed by atoms with van der Waals surface area (Å²) < 4.78 is 35.9. The molecule has 8 rings (SSSR count). The predicted octanol–water partition coefficient (Wildman–Crippen LogP) is -0.0178. The third-order valence-electron chi connectivity index (χ3n) is 14.1. The van der Waals surface area contributed by atoms with Crippen LogP contribution in [0, 0.1) is 5.92 Å². The van der Waals surface area contributed by atoms with E-state index in [4.69, 9.17) is 28.4 Å². The van der Waals surface area contributed by atoms with Crippen molar-refractivity contribution in [3.63, 3.8) is 0 Å². The van der Waals surface area contributed by atoms with Gasteiger partial charge in [0.1, 0.15) is 29.0 Å². The monoisotopic (exact) mass is 1010 g/mol. The van der Waals surface area contributed by atoms with Gasteiger partial charge in [0.2, 0.25) is 29.4 Å². The third kappa shape index (κ3) is 10.2. The van der Waals surface area contributed by atoms with Crippen LogP contribution in [0.4, 0.5) is 0 Å². The molecule has 0 bridgehead atoms. The van der Waals surface area contributed by atoms with Crippen LogP contribution in [0.1, 0.15) is 114 Å². The fourth-order valence-electron chi connectivity index (χ4n) is 10.5. The Hall–Kier alpha value is -6.21. The van der Waals surface area contributed by atoms with Crippen molar-refractivity contribution in [1.82, 2.24) is 25.8 Å². The lowest BCUT2D eigenvalue weighted by atomic mass is 9.72. The van der Waals surface area contributed by atoms with Crippen molar-refractivity contribution < 1.29 is 86.9 Å². The van der Waals surface area contributed by atoms with Gasteiger partial charge in [0.15, 0.2) is 36.2 Å². The molecule has 4 fully saturated rings. The number of likely N-dealkylation sites (tertiary alicyclic amines) is 1. The number of ketones is 4. The molecule has 23 heteroatoms. The van der Waals surface area contributed by atoms with E-state index in [1.807, 2.05) is 0 Å². The Bertz CT molecular complexity index is 2570. The van der Waals surface area contributed by atoms with E-state index in [1.165, 1.54) is 32.4 Å². The van der Waals surface area contributed by atoms with Crippen LogP contribution >= 0.6 is 0 Å². The van der Waals surface area contributed by atoms with Gasteiger partial charge in [-0.05, 0) is 19.4 Å². The van der Waals surface area contributed by atoms with E-state index in [-0.39, 0.29) is 117 Å².